The molecule has 0 radical (unpaired) electrons. The Morgan fingerprint density at radius 3 is 2.71 bits per heavy atom. The van der Waals surface area contributed by atoms with Crippen molar-refractivity contribution in [2.24, 2.45) is 0 Å². The molecule has 0 aliphatic heterocycles. The van der Waals surface area contributed by atoms with Crippen LogP contribution < -0.4 is 10.6 Å². The number of anilines is 2. The smallest absolute Gasteiger partial charge is 0.221 e. The first kappa shape index (κ1) is 13.5. The Balaban J connectivity index is 2.78. The molecule has 0 saturated heterocycles. The van der Waals surface area contributed by atoms with Crippen LogP contribution in [0.2, 0.25) is 0 Å². The monoisotopic (exact) mass is 238 g/mol. The lowest BCUT2D eigenvalue weighted by atomic mass is 10.2. The molecule has 5 heteroatoms. The molecule has 1 aromatic rings. The molecule has 1 unspecified atom stereocenters. The Kier molecular flexibility index (Phi) is 4.93. The number of carbonyl (C=O) groups excluding carboxylic acids is 1. The predicted octanol–water partition coefficient (Wildman–Crippen LogP) is 0.719. The number of aryl methyl sites for hydroxylation is 1. The molecule has 0 aliphatic rings. The lowest BCUT2D eigenvalue weighted by Crippen LogP contribution is -2.23. The average Bonchev–Trinajstić information content (AvgIpc) is 2.26. The number of amides is 1. The number of hydrogen-bond acceptors (Lipinski definition) is 4. The number of aliphatic hydroxyl groups excluding tert-OH is 2. The highest BCUT2D eigenvalue weighted by molar-refractivity contribution is 5.92. The van der Waals surface area contributed by atoms with Crippen LogP contribution in [0.1, 0.15) is 12.5 Å². The van der Waals surface area contributed by atoms with Gasteiger partial charge in [-0.05, 0) is 24.6 Å². The highest BCUT2D eigenvalue weighted by Crippen LogP contribution is 2.22. The number of hydrogen-bond donors (Lipinski definition) is 4. The minimum atomic E-state index is -0.818. The molecule has 1 amide bonds. The van der Waals surface area contributed by atoms with Crippen LogP contribution in [-0.4, -0.2) is 35.4 Å². The molecule has 0 aromatic heterocycles. The van der Waals surface area contributed by atoms with Gasteiger partial charge < -0.3 is 20.8 Å². The van der Waals surface area contributed by atoms with Gasteiger partial charge in [0.2, 0.25) is 5.91 Å². The van der Waals surface area contributed by atoms with Gasteiger partial charge in [-0.3, -0.25) is 4.79 Å². The van der Waals surface area contributed by atoms with Crippen LogP contribution in [0, 0.1) is 6.92 Å². The van der Waals surface area contributed by atoms with Gasteiger partial charge in [-0.2, -0.15) is 0 Å². The van der Waals surface area contributed by atoms with Crippen molar-refractivity contribution in [2.75, 3.05) is 23.8 Å². The van der Waals surface area contributed by atoms with E-state index in [9.17, 15) is 9.90 Å². The summed E-state index contributed by atoms with van der Waals surface area (Å²) in [5.41, 5.74) is 2.42. The number of carbonyl (C=O) groups is 1. The Bertz CT molecular complexity index is 393. The summed E-state index contributed by atoms with van der Waals surface area (Å²) in [4.78, 5) is 11.0. The van der Waals surface area contributed by atoms with E-state index in [-0.39, 0.29) is 19.1 Å². The summed E-state index contributed by atoms with van der Waals surface area (Å²) in [6.45, 7) is 3.30. The lowest BCUT2D eigenvalue weighted by Gasteiger charge is -2.15. The topological polar surface area (TPSA) is 81.6 Å². The van der Waals surface area contributed by atoms with E-state index in [1.807, 2.05) is 25.1 Å². The molecule has 17 heavy (non-hydrogen) atoms. The Hall–Kier alpha value is -1.59. The third-order valence-corrected chi connectivity index (χ3v) is 2.22. The van der Waals surface area contributed by atoms with Crippen molar-refractivity contribution in [1.82, 2.24) is 0 Å². The quantitative estimate of drug-likeness (QED) is 0.609. The largest absolute Gasteiger partial charge is 0.394 e. The van der Waals surface area contributed by atoms with Gasteiger partial charge in [0.05, 0.1) is 24.1 Å². The molecular formula is C12H18N2O3. The zero-order valence-corrected chi connectivity index (χ0v) is 10.0. The van der Waals surface area contributed by atoms with Gasteiger partial charge in [-0.1, -0.05) is 6.07 Å². The van der Waals surface area contributed by atoms with E-state index in [2.05, 4.69) is 10.6 Å². The molecule has 4 N–H and O–H groups in total. The van der Waals surface area contributed by atoms with Crippen LogP contribution in [0.25, 0.3) is 0 Å². The highest BCUT2D eigenvalue weighted by Gasteiger charge is 2.06. The summed E-state index contributed by atoms with van der Waals surface area (Å²) in [6.07, 6.45) is -0.818. The molecule has 0 heterocycles. The van der Waals surface area contributed by atoms with Crippen LogP contribution >= 0.6 is 0 Å². The van der Waals surface area contributed by atoms with Crippen LogP contribution in [0.5, 0.6) is 0 Å². The van der Waals surface area contributed by atoms with Crippen molar-refractivity contribution in [3.05, 3.63) is 23.8 Å². The molecular weight excluding hydrogens is 220 g/mol. The van der Waals surface area contributed by atoms with E-state index in [0.717, 1.165) is 11.3 Å². The molecule has 5 nitrogen and oxygen atoms in total. The molecule has 1 atom stereocenters. The molecule has 0 aliphatic carbocycles. The van der Waals surface area contributed by atoms with E-state index < -0.39 is 6.10 Å². The summed E-state index contributed by atoms with van der Waals surface area (Å²) in [5.74, 6) is -0.152. The maximum Gasteiger partial charge on any atom is 0.221 e. The standard InChI is InChI=1S/C12H18N2O3/c1-8-3-4-11(13-6-10(17)7-15)12(5-8)14-9(2)16/h3-5,10,13,15,17H,6-7H2,1-2H3,(H,14,16). The number of rotatable bonds is 5. The van der Waals surface area contributed by atoms with Crippen LogP contribution in [-0.2, 0) is 4.79 Å². The second-order valence-corrected chi connectivity index (χ2v) is 3.95. The van der Waals surface area contributed by atoms with Gasteiger partial charge in [-0.25, -0.2) is 0 Å². The fourth-order valence-corrected chi connectivity index (χ4v) is 1.40. The van der Waals surface area contributed by atoms with Crippen LogP contribution in [0.15, 0.2) is 18.2 Å². The number of aliphatic hydroxyl groups is 2. The Labute approximate surface area is 100 Å². The molecule has 1 aromatic carbocycles. The second kappa shape index (κ2) is 6.22. The van der Waals surface area contributed by atoms with E-state index in [1.54, 1.807) is 0 Å². The number of nitrogens with one attached hydrogen (secondary N) is 2. The first-order valence-corrected chi connectivity index (χ1v) is 5.44. The normalized spacial score (nSPS) is 12.0. The molecule has 0 saturated carbocycles. The summed E-state index contributed by atoms with van der Waals surface area (Å²) < 4.78 is 0. The average molecular weight is 238 g/mol. The van der Waals surface area contributed by atoms with Crippen molar-refractivity contribution in [2.45, 2.75) is 20.0 Å². The zero-order chi connectivity index (χ0) is 12.8. The first-order valence-electron chi connectivity index (χ1n) is 5.44. The van der Waals surface area contributed by atoms with Gasteiger partial charge in [-0.15, -0.1) is 0 Å². The van der Waals surface area contributed by atoms with Gasteiger partial charge in [0.1, 0.15) is 0 Å². The number of benzene rings is 1. The minimum Gasteiger partial charge on any atom is -0.394 e. The molecule has 0 spiro atoms. The van der Waals surface area contributed by atoms with Crippen molar-refractivity contribution in [1.29, 1.82) is 0 Å². The fourth-order valence-electron chi connectivity index (χ4n) is 1.40. The molecule has 0 fully saturated rings. The van der Waals surface area contributed by atoms with Gasteiger partial charge in [0, 0.05) is 13.5 Å². The molecule has 94 valence electrons. The van der Waals surface area contributed by atoms with Crippen molar-refractivity contribution < 1.29 is 15.0 Å². The lowest BCUT2D eigenvalue weighted by molar-refractivity contribution is -0.114. The fraction of sp³-hybridized carbons (Fsp3) is 0.417. The van der Waals surface area contributed by atoms with Crippen LogP contribution in [0.4, 0.5) is 11.4 Å². The minimum absolute atomic E-state index is 0.152. The third kappa shape index (κ3) is 4.42. The van der Waals surface area contributed by atoms with Crippen molar-refractivity contribution in [3.63, 3.8) is 0 Å². The van der Waals surface area contributed by atoms with E-state index in [0.29, 0.717) is 5.69 Å². The first-order chi connectivity index (χ1) is 8.02. The maximum atomic E-state index is 11.0. The van der Waals surface area contributed by atoms with Gasteiger partial charge >= 0.3 is 0 Å². The van der Waals surface area contributed by atoms with Crippen molar-refractivity contribution >= 4 is 17.3 Å². The summed E-state index contributed by atoms with van der Waals surface area (Å²) >= 11 is 0. The highest BCUT2D eigenvalue weighted by atomic mass is 16.3. The van der Waals surface area contributed by atoms with E-state index in [1.165, 1.54) is 6.92 Å². The van der Waals surface area contributed by atoms with E-state index >= 15 is 0 Å². The zero-order valence-electron chi connectivity index (χ0n) is 10.0. The maximum absolute atomic E-state index is 11.0. The van der Waals surface area contributed by atoms with Crippen molar-refractivity contribution in [3.8, 4) is 0 Å². The summed E-state index contributed by atoms with van der Waals surface area (Å²) in [5, 5.41) is 23.6. The Morgan fingerprint density at radius 1 is 1.41 bits per heavy atom. The van der Waals surface area contributed by atoms with Gasteiger partial charge in [0.25, 0.3) is 0 Å². The summed E-state index contributed by atoms with van der Waals surface area (Å²) in [6, 6.07) is 5.57. The molecule has 1 rings (SSSR count). The SMILES string of the molecule is CC(=O)Nc1cc(C)ccc1NCC(O)CO. The predicted molar refractivity (Wildman–Crippen MR) is 67.1 cm³/mol. The van der Waals surface area contributed by atoms with E-state index in [4.69, 9.17) is 5.11 Å². The summed E-state index contributed by atoms with van der Waals surface area (Å²) in [7, 11) is 0. The Morgan fingerprint density at radius 2 is 2.12 bits per heavy atom. The third-order valence-electron chi connectivity index (χ3n) is 2.22. The van der Waals surface area contributed by atoms with Gasteiger partial charge in [0.15, 0.2) is 0 Å². The molecule has 0 bridgehead atoms. The second-order valence-electron chi connectivity index (χ2n) is 3.95. The van der Waals surface area contributed by atoms with Crippen LogP contribution in [0.3, 0.4) is 0 Å².